The van der Waals surface area contributed by atoms with E-state index in [9.17, 15) is 57.8 Å². The summed E-state index contributed by atoms with van der Waals surface area (Å²) in [5, 5.41) is 21.7. The molecule has 0 aromatic heterocycles. The number of nitrogens with zero attached hydrogens (tertiary/aromatic N) is 7. The molecule has 1 saturated heterocycles. The molecule has 0 bridgehead atoms. The lowest BCUT2D eigenvalue weighted by Crippen LogP contribution is -2.62. The van der Waals surface area contributed by atoms with Gasteiger partial charge in [0.05, 0.1) is 12.0 Å². The zero-order valence-corrected chi connectivity index (χ0v) is 51.8. The third-order valence-electron chi connectivity index (χ3n) is 15.6. The van der Waals surface area contributed by atoms with Gasteiger partial charge in [0.15, 0.2) is 0 Å². The monoisotopic (exact) mass is 1160 g/mol. The molecule has 460 valence electrons. The Morgan fingerprint density at radius 2 is 0.988 bits per heavy atom. The zero-order chi connectivity index (χ0) is 62.9. The van der Waals surface area contributed by atoms with E-state index in [-0.39, 0.29) is 62.9 Å². The highest BCUT2D eigenvalue weighted by molar-refractivity contribution is 5.98. The lowest BCUT2D eigenvalue weighted by atomic mass is 9.96. The molecule has 2 aromatic rings. The summed E-state index contributed by atoms with van der Waals surface area (Å²) in [7, 11) is 10.0. The van der Waals surface area contributed by atoms with Crippen molar-refractivity contribution < 1.29 is 57.8 Å². The van der Waals surface area contributed by atoms with E-state index in [4.69, 9.17) is 0 Å². The second-order valence-corrected chi connectivity index (χ2v) is 23.2. The van der Waals surface area contributed by atoms with Gasteiger partial charge in [-0.3, -0.25) is 52.7 Å². The summed E-state index contributed by atoms with van der Waals surface area (Å²) in [5.41, 5.74) is 1.43. The van der Waals surface area contributed by atoms with Crippen LogP contribution in [0.3, 0.4) is 0 Å². The summed E-state index contributed by atoms with van der Waals surface area (Å²) in [6.45, 7) is 15.8. The van der Waals surface area contributed by atoms with Crippen molar-refractivity contribution in [1.29, 1.82) is 0 Å². The van der Waals surface area contributed by atoms with Crippen LogP contribution in [0.25, 0.3) is 0 Å². The van der Waals surface area contributed by atoms with Gasteiger partial charge in [-0.05, 0) is 77.3 Å². The Hall–Kier alpha value is -7.43. The molecule has 1 aliphatic heterocycles. The molecule has 0 unspecified atom stereocenters. The van der Waals surface area contributed by atoms with E-state index in [2.05, 4.69) is 21.3 Å². The Bertz CT molecular complexity index is 2590. The second-order valence-electron chi connectivity index (χ2n) is 23.2. The lowest BCUT2D eigenvalue weighted by molar-refractivity contribution is -0.154. The SMILES string of the molecule is CC(C)C[C@H]1C(=O)N(C)[C@@H](C)C(=O)N[C@@H](C)C(=O)N[C@@H](C)CC(=O)N(C)CCC(=O)N(C)C[C@@H](Cc2ccccc2)C(=O)N(C)[C@@H](C)C(=O)N[C@@H]([C@@H](C)O)C(=O)N(C)[C@@H](C)C(=O)N[C@@H](Cc2ccccc2)C(=O)N(C)[C@@H](C(C)C)C(=O)N1C. The van der Waals surface area contributed by atoms with Crippen LogP contribution >= 0.6 is 0 Å². The van der Waals surface area contributed by atoms with Crippen molar-refractivity contribution in [2.24, 2.45) is 17.8 Å². The summed E-state index contributed by atoms with van der Waals surface area (Å²) in [5.74, 6) is -8.39. The van der Waals surface area contributed by atoms with Gasteiger partial charge in [0, 0.05) is 87.7 Å². The first-order valence-corrected chi connectivity index (χ1v) is 28.5. The standard InChI is InChI=1S/C60H93N11O12/c1-35(2)30-47-58(81)68(14)39(7)53(76)62-38(6)52(75)61-37(5)31-49(74)65(11)29-28-48(73)66(12)34-45(32-43-24-20-18-21-25-43)56(79)67(13)41(9)55(78)64-50(42(10)72)59(82)69(15)40(8)54(77)63-46(33-44-26-22-19-23-27-44)57(80)71(17)51(36(3)4)60(83)70(47)16/h18-27,35-42,45-47,50-51,72H,28-34H2,1-17H3,(H,61,75)(H,62,76)(H,63,77)(H,64,78)/t37-,38-,39-,40-,41-,42+,45+,46-,47-,50-,51-/m0/s1. The van der Waals surface area contributed by atoms with Gasteiger partial charge in [0.25, 0.3) is 0 Å². The van der Waals surface area contributed by atoms with Gasteiger partial charge in [-0.25, -0.2) is 0 Å². The quantitative estimate of drug-likeness (QED) is 0.248. The molecule has 2 aromatic carbocycles. The smallest absolute Gasteiger partial charge is 0.248 e. The van der Waals surface area contributed by atoms with Crippen molar-refractivity contribution in [3.05, 3.63) is 71.8 Å². The molecule has 3 rings (SSSR count). The average molecular weight is 1160 g/mol. The number of nitrogens with one attached hydrogen (secondary N) is 4. The van der Waals surface area contributed by atoms with Crippen molar-refractivity contribution >= 4 is 65.0 Å². The minimum atomic E-state index is -1.61. The maximum absolute atomic E-state index is 14.9. The topological polar surface area (TPSA) is 279 Å². The van der Waals surface area contributed by atoms with Crippen LogP contribution in [0.15, 0.2) is 60.7 Å². The summed E-state index contributed by atoms with van der Waals surface area (Å²) in [6.07, 6.45) is -1.46. The van der Waals surface area contributed by atoms with E-state index in [1.807, 2.05) is 32.0 Å². The molecular weight excluding hydrogens is 1070 g/mol. The first-order chi connectivity index (χ1) is 38.7. The van der Waals surface area contributed by atoms with Crippen molar-refractivity contribution in [1.82, 2.24) is 55.6 Å². The minimum Gasteiger partial charge on any atom is -0.391 e. The highest BCUT2D eigenvalue weighted by Gasteiger charge is 2.42. The molecule has 0 saturated carbocycles. The normalized spacial score (nSPS) is 26.8. The van der Waals surface area contributed by atoms with Crippen LogP contribution in [0.5, 0.6) is 0 Å². The van der Waals surface area contributed by atoms with Gasteiger partial charge < -0.3 is 60.7 Å². The van der Waals surface area contributed by atoms with Crippen LogP contribution < -0.4 is 21.3 Å². The number of aliphatic hydroxyl groups is 1. The lowest BCUT2D eigenvalue weighted by Gasteiger charge is -2.39. The summed E-state index contributed by atoms with van der Waals surface area (Å²) in [6, 6.07) is 7.20. The van der Waals surface area contributed by atoms with Gasteiger partial charge in [0.2, 0.25) is 65.0 Å². The molecule has 1 heterocycles. The number of carbonyl (C=O) groups excluding carboxylic acids is 11. The van der Waals surface area contributed by atoms with Crippen LogP contribution in [0.2, 0.25) is 0 Å². The Balaban J connectivity index is 2.11. The maximum atomic E-state index is 14.9. The summed E-state index contributed by atoms with van der Waals surface area (Å²) >= 11 is 0. The highest BCUT2D eigenvalue weighted by Crippen LogP contribution is 2.22. The summed E-state index contributed by atoms with van der Waals surface area (Å²) < 4.78 is 0. The minimum absolute atomic E-state index is 0.00125. The molecule has 0 aliphatic carbocycles. The number of likely N-dealkylation sites (N-methyl/N-ethyl adjacent to an activating group) is 5. The number of aliphatic hydroxyl groups excluding tert-OH is 1. The Morgan fingerprint density at radius 3 is 1.49 bits per heavy atom. The van der Waals surface area contributed by atoms with Crippen LogP contribution in [-0.2, 0) is 65.6 Å². The van der Waals surface area contributed by atoms with Crippen LogP contribution in [0.4, 0.5) is 0 Å². The fourth-order valence-corrected chi connectivity index (χ4v) is 9.74. The van der Waals surface area contributed by atoms with Crippen molar-refractivity contribution in [2.75, 3.05) is 62.4 Å². The molecule has 83 heavy (non-hydrogen) atoms. The molecule has 0 radical (unpaired) electrons. The number of hydrogen-bond acceptors (Lipinski definition) is 12. The summed E-state index contributed by atoms with van der Waals surface area (Å²) in [4.78, 5) is 164. The predicted molar refractivity (Wildman–Crippen MR) is 313 cm³/mol. The number of amides is 11. The number of benzene rings is 2. The Labute approximate surface area is 490 Å². The number of hydrogen-bond donors (Lipinski definition) is 5. The van der Waals surface area contributed by atoms with E-state index in [0.717, 1.165) is 10.5 Å². The van der Waals surface area contributed by atoms with Crippen LogP contribution in [0, 0.1) is 17.8 Å². The highest BCUT2D eigenvalue weighted by atomic mass is 16.3. The fraction of sp³-hybridized carbons (Fsp3) is 0.617. The van der Waals surface area contributed by atoms with E-state index >= 15 is 0 Å². The van der Waals surface area contributed by atoms with E-state index in [1.165, 1.54) is 113 Å². The molecule has 23 nitrogen and oxygen atoms in total. The van der Waals surface area contributed by atoms with Crippen molar-refractivity contribution in [3.8, 4) is 0 Å². The first-order valence-electron chi connectivity index (χ1n) is 28.5. The van der Waals surface area contributed by atoms with E-state index in [1.54, 1.807) is 63.2 Å². The molecule has 1 aliphatic rings. The largest absolute Gasteiger partial charge is 0.391 e. The Kier molecular flexibility index (Phi) is 26.8. The van der Waals surface area contributed by atoms with Gasteiger partial charge >= 0.3 is 0 Å². The number of carbonyl (C=O) groups is 11. The Morgan fingerprint density at radius 1 is 0.506 bits per heavy atom. The van der Waals surface area contributed by atoms with Crippen LogP contribution in [-0.4, -0.2) is 227 Å². The molecule has 11 atom stereocenters. The second kappa shape index (κ2) is 31.9. The van der Waals surface area contributed by atoms with Gasteiger partial charge in [-0.15, -0.1) is 0 Å². The third kappa shape index (κ3) is 19.6. The van der Waals surface area contributed by atoms with Gasteiger partial charge in [-0.2, -0.15) is 0 Å². The molecule has 11 amide bonds. The van der Waals surface area contributed by atoms with Gasteiger partial charge in [0.1, 0.15) is 48.3 Å². The molecule has 23 heteroatoms. The van der Waals surface area contributed by atoms with Gasteiger partial charge in [-0.1, -0.05) is 88.4 Å². The first kappa shape index (κ1) is 69.8. The molecule has 5 N–H and O–H groups in total. The number of rotatable bonds is 8. The molecule has 0 spiro atoms. The van der Waals surface area contributed by atoms with E-state index in [0.29, 0.717) is 5.56 Å². The van der Waals surface area contributed by atoms with Crippen molar-refractivity contribution in [3.63, 3.8) is 0 Å². The van der Waals surface area contributed by atoms with E-state index < -0.39 is 125 Å². The zero-order valence-electron chi connectivity index (χ0n) is 51.8. The fourth-order valence-electron chi connectivity index (χ4n) is 9.74. The maximum Gasteiger partial charge on any atom is 0.248 e. The van der Waals surface area contributed by atoms with Crippen LogP contribution in [0.1, 0.15) is 99.6 Å². The third-order valence-corrected chi connectivity index (χ3v) is 15.6. The molecule has 1 fully saturated rings. The predicted octanol–water partition coefficient (Wildman–Crippen LogP) is 1.06. The van der Waals surface area contributed by atoms with Crippen molar-refractivity contribution in [2.45, 2.75) is 162 Å². The molecular formula is C60H93N11O12. The average Bonchev–Trinajstić information content (AvgIpc) is 3.59.